The molecule has 0 N–H and O–H groups in total. The molecule has 98 valence electrons. The number of benzene rings is 1. The lowest BCUT2D eigenvalue weighted by Crippen LogP contribution is -2.18. The number of imidazole rings is 1. The minimum absolute atomic E-state index is 0.0867. The molecular formula is C12H14ClIN2OS. The van der Waals surface area contributed by atoms with Gasteiger partial charge in [0.15, 0.2) is 0 Å². The summed E-state index contributed by atoms with van der Waals surface area (Å²) in [4.78, 5) is 4.53. The van der Waals surface area contributed by atoms with Crippen LogP contribution in [0.4, 0.5) is 0 Å². The highest BCUT2D eigenvalue weighted by atomic mass is 127. The van der Waals surface area contributed by atoms with Gasteiger partial charge in [-0.1, -0.05) is 0 Å². The smallest absolute Gasteiger partial charge is 0.124 e. The van der Waals surface area contributed by atoms with Crippen molar-refractivity contribution in [2.75, 3.05) is 6.26 Å². The zero-order valence-corrected chi connectivity index (χ0v) is 13.9. The van der Waals surface area contributed by atoms with Gasteiger partial charge in [0.2, 0.25) is 0 Å². The Hall–Kier alpha value is -0.140. The largest absolute Gasteiger partial charge is 0.326 e. The topological polar surface area (TPSA) is 34.9 Å². The molecule has 2 rings (SSSR count). The van der Waals surface area contributed by atoms with E-state index >= 15 is 0 Å². The first-order valence-electron chi connectivity index (χ1n) is 5.55. The first-order valence-corrected chi connectivity index (χ1v) is 8.79. The fourth-order valence-electron chi connectivity index (χ4n) is 1.82. The maximum Gasteiger partial charge on any atom is 0.124 e. The van der Waals surface area contributed by atoms with E-state index in [2.05, 4.69) is 32.1 Å². The molecule has 0 saturated carbocycles. The van der Waals surface area contributed by atoms with E-state index in [1.165, 1.54) is 0 Å². The second-order valence-corrected chi connectivity index (χ2v) is 7.53. The Morgan fingerprint density at radius 2 is 2.28 bits per heavy atom. The number of rotatable bonds is 4. The molecule has 0 aliphatic rings. The minimum atomic E-state index is -0.846. The monoisotopic (exact) mass is 396 g/mol. The molecule has 1 aromatic heterocycles. The lowest BCUT2D eigenvalue weighted by atomic mass is 10.3. The van der Waals surface area contributed by atoms with E-state index in [1.807, 2.05) is 25.1 Å². The number of hydrogen-bond donors (Lipinski definition) is 0. The SMILES string of the molecule is CC(Cn1c(CCl)nc2cc(I)ccc21)S(C)=O. The average molecular weight is 397 g/mol. The van der Waals surface area contributed by atoms with Gasteiger partial charge in [-0.25, -0.2) is 4.98 Å². The van der Waals surface area contributed by atoms with Crippen LogP contribution in [0.25, 0.3) is 11.0 Å². The van der Waals surface area contributed by atoms with Gasteiger partial charge in [-0.2, -0.15) is 0 Å². The summed E-state index contributed by atoms with van der Waals surface area (Å²) in [6.45, 7) is 2.66. The Bertz CT molecular complexity index is 599. The zero-order chi connectivity index (χ0) is 13.3. The van der Waals surface area contributed by atoms with Gasteiger partial charge in [0, 0.05) is 32.4 Å². The van der Waals surface area contributed by atoms with E-state index < -0.39 is 10.8 Å². The average Bonchev–Trinajstić information content (AvgIpc) is 2.66. The van der Waals surface area contributed by atoms with Crippen LogP contribution in [0.3, 0.4) is 0 Å². The predicted molar refractivity (Wildman–Crippen MR) is 85.5 cm³/mol. The lowest BCUT2D eigenvalue weighted by Gasteiger charge is -2.12. The van der Waals surface area contributed by atoms with Crippen molar-refractivity contribution in [3.8, 4) is 0 Å². The maximum absolute atomic E-state index is 11.5. The molecule has 0 spiro atoms. The molecule has 3 nitrogen and oxygen atoms in total. The molecule has 0 bridgehead atoms. The van der Waals surface area contributed by atoms with Gasteiger partial charge in [0.1, 0.15) is 5.82 Å². The van der Waals surface area contributed by atoms with Crippen molar-refractivity contribution in [3.63, 3.8) is 0 Å². The van der Waals surface area contributed by atoms with Crippen LogP contribution in [0.5, 0.6) is 0 Å². The number of nitrogens with zero attached hydrogens (tertiary/aromatic N) is 2. The summed E-state index contributed by atoms with van der Waals surface area (Å²) in [6.07, 6.45) is 1.73. The Labute approximate surface area is 128 Å². The molecule has 1 aromatic carbocycles. The third kappa shape index (κ3) is 2.88. The molecule has 0 aliphatic carbocycles. The molecule has 1 heterocycles. The summed E-state index contributed by atoms with van der Waals surface area (Å²) < 4.78 is 14.7. The van der Waals surface area contributed by atoms with E-state index in [1.54, 1.807) is 6.26 Å². The first-order chi connectivity index (χ1) is 8.52. The van der Waals surface area contributed by atoms with Gasteiger partial charge in [0.05, 0.1) is 16.9 Å². The molecule has 2 atom stereocenters. The molecule has 6 heteroatoms. The Kier molecular flexibility index (Phi) is 4.66. The molecule has 2 aromatic rings. The van der Waals surface area contributed by atoms with Crippen molar-refractivity contribution < 1.29 is 4.21 Å². The molecule has 2 unspecified atom stereocenters. The Balaban J connectivity index is 2.50. The highest BCUT2D eigenvalue weighted by molar-refractivity contribution is 14.1. The fraction of sp³-hybridized carbons (Fsp3) is 0.417. The minimum Gasteiger partial charge on any atom is -0.326 e. The maximum atomic E-state index is 11.5. The van der Waals surface area contributed by atoms with Crippen molar-refractivity contribution >= 4 is 56.0 Å². The highest BCUT2D eigenvalue weighted by Gasteiger charge is 2.14. The zero-order valence-electron chi connectivity index (χ0n) is 10.2. The number of aromatic nitrogens is 2. The molecular weight excluding hydrogens is 383 g/mol. The van der Waals surface area contributed by atoms with E-state index in [9.17, 15) is 4.21 Å². The fourth-order valence-corrected chi connectivity index (χ4v) is 2.86. The normalized spacial score (nSPS) is 14.9. The predicted octanol–water partition coefficient (Wildman–Crippen LogP) is 3.15. The number of fused-ring (bicyclic) bond motifs is 1. The standard InChI is InChI=1S/C12H14ClIN2OS/c1-8(18(2)17)7-16-11-4-3-9(14)5-10(11)15-12(16)6-13/h3-5,8H,6-7H2,1-2H3. The van der Waals surface area contributed by atoms with Gasteiger partial charge in [0.25, 0.3) is 0 Å². The van der Waals surface area contributed by atoms with Crippen LogP contribution in [0.2, 0.25) is 0 Å². The van der Waals surface area contributed by atoms with Crippen LogP contribution in [0.15, 0.2) is 18.2 Å². The van der Waals surface area contributed by atoms with E-state index in [-0.39, 0.29) is 5.25 Å². The molecule has 0 saturated heterocycles. The highest BCUT2D eigenvalue weighted by Crippen LogP contribution is 2.21. The lowest BCUT2D eigenvalue weighted by molar-refractivity contribution is 0.641. The van der Waals surface area contributed by atoms with E-state index in [4.69, 9.17) is 11.6 Å². The summed E-state index contributed by atoms with van der Waals surface area (Å²) in [5, 5.41) is 0.0867. The summed E-state index contributed by atoms with van der Waals surface area (Å²) in [7, 11) is -0.846. The number of alkyl halides is 1. The van der Waals surface area contributed by atoms with Crippen molar-refractivity contribution in [3.05, 3.63) is 27.6 Å². The molecule has 18 heavy (non-hydrogen) atoms. The van der Waals surface area contributed by atoms with Crippen LogP contribution >= 0.6 is 34.2 Å². The van der Waals surface area contributed by atoms with Gasteiger partial charge >= 0.3 is 0 Å². The molecule has 0 radical (unpaired) electrons. The molecule has 0 amide bonds. The molecule has 0 aliphatic heterocycles. The summed E-state index contributed by atoms with van der Waals surface area (Å²) in [6, 6.07) is 6.13. The Morgan fingerprint density at radius 1 is 1.56 bits per heavy atom. The summed E-state index contributed by atoms with van der Waals surface area (Å²) in [5.41, 5.74) is 2.01. The first kappa shape index (κ1) is 14.3. The summed E-state index contributed by atoms with van der Waals surface area (Å²) >= 11 is 8.21. The van der Waals surface area contributed by atoms with Gasteiger partial charge in [-0.3, -0.25) is 4.21 Å². The number of hydrogen-bond acceptors (Lipinski definition) is 2. The van der Waals surface area contributed by atoms with Crippen LogP contribution < -0.4 is 0 Å². The summed E-state index contributed by atoms with van der Waals surface area (Å²) in [5.74, 6) is 1.21. The van der Waals surface area contributed by atoms with Crippen molar-refractivity contribution in [2.45, 2.75) is 24.6 Å². The second-order valence-electron chi connectivity index (χ2n) is 4.21. The van der Waals surface area contributed by atoms with Gasteiger partial charge in [-0.05, 0) is 47.7 Å². The van der Waals surface area contributed by atoms with Gasteiger partial charge < -0.3 is 4.57 Å². The van der Waals surface area contributed by atoms with E-state index in [0.29, 0.717) is 12.4 Å². The van der Waals surface area contributed by atoms with Crippen molar-refractivity contribution in [1.29, 1.82) is 0 Å². The number of halogens is 2. The van der Waals surface area contributed by atoms with E-state index in [0.717, 1.165) is 20.4 Å². The Morgan fingerprint density at radius 3 is 2.89 bits per heavy atom. The quantitative estimate of drug-likeness (QED) is 0.588. The second kappa shape index (κ2) is 5.88. The van der Waals surface area contributed by atoms with Crippen LogP contribution in [-0.4, -0.2) is 25.3 Å². The third-order valence-corrected chi connectivity index (χ3v) is 5.11. The van der Waals surface area contributed by atoms with Crippen LogP contribution in [-0.2, 0) is 23.2 Å². The van der Waals surface area contributed by atoms with Crippen molar-refractivity contribution in [2.24, 2.45) is 0 Å². The van der Waals surface area contributed by atoms with Crippen LogP contribution in [0.1, 0.15) is 12.7 Å². The molecule has 0 fully saturated rings. The third-order valence-electron chi connectivity index (χ3n) is 2.92. The van der Waals surface area contributed by atoms with Gasteiger partial charge in [-0.15, -0.1) is 11.6 Å². The van der Waals surface area contributed by atoms with Crippen LogP contribution in [0, 0.1) is 3.57 Å². The van der Waals surface area contributed by atoms with Crippen molar-refractivity contribution in [1.82, 2.24) is 9.55 Å².